The van der Waals surface area contributed by atoms with Crippen LogP contribution in [0.15, 0.2) is 170 Å². The fourth-order valence-corrected chi connectivity index (χ4v) is 8.17. The van der Waals surface area contributed by atoms with Gasteiger partial charge in [-0.25, -0.2) is 0 Å². The second-order valence-electron chi connectivity index (χ2n) is 17.4. The van der Waals surface area contributed by atoms with Gasteiger partial charge in [0.15, 0.2) is 0 Å². The lowest BCUT2D eigenvalue weighted by Crippen LogP contribution is -2.81. The van der Waals surface area contributed by atoms with Gasteiger partial charge in [-0.1, -0.05) is 170 Å². The second kappa shape index (κ2) is 25.5. The summed E-state index contributed by atoms with van der Waals surface area (Å²) in [4.78, 5) is 0. The molecular weight excluding hydrogens is 785 g/mol. The Morgan fingerprint density at radius 1 is 0.172 bits per heavy atom. The van der Waals surface area contributed by atoms with Crippen molar-refractivity contribution in [1.29, 1.82) is 0 Å². The van der Waals surface area contributed by atoms with Gasteiger partial charge < -0.3 is 43.4 Å². The minimum Gasteiger partial charge on any atom is -0.354 e. The van der Waals surface area contributed by atoms with E-state index >= 15 is 0 Å². The zero-order valence-corrected chi connectivity index (χ0v) is 37.9. The molecule has 0 fully saturated rings. The maximum atomic E-state index is 3.96. The first-order chi connectivity index (χ1) is 31.6. The molecular formula is C56H74N8+8. The van der Waals surface area contributed by atoms with E-state index in [1.807, 2.05) is 0 Å². The maximum Gasteiger partial charge on any atom is 0.101 e. The first kappa shape index (κ1) is 46.2. The van der Waals surface area contributed by atoms with Crippen LogP contribution in [0.4, 0.5) is 0 Å². The quantitative estimate of drug-likeness (QED) is 0.0388. The van der Waals surface area contributed by atoms with Crippen LogP contribution in [0.2, 0.25) is 0 Å². The van der Waals surface area contributed by atoms with Crippen LogP contribution in [-0.4, -0.2) is 0 Å². The van der Waals surface area contributed by atoms with Crippen molar-refractivity contribution in [1.82, 2.24) is 0 Å². The van der Waals surface area contributed by atoms with Crippen molar-refractivity contribution < 1.29 is 43.4 Å². The van der Waals surface area contributed by atoms with Crippen molar-refractivity contribution in [2.24, 2.45) is 0 Å². The Hall–Kier alpha value is -5.78. The summed E-state index contributed by atoms with van der Waals surface area (Å²) in [7, 11) is 0. The standard InChI is InChI=1S/C56H66N8/c57-29-43-1-5-45(6-2-43)31-59-33-47-9-13-49(14-10-47)35-61-37-51-17-21-53(22-18-51)39-63-41-55-25-27-56(28-26-55)42-64-40-54-23-19-52(20-24-54)38-62-36-50-15-11-48(12-16-50)34-60-32-46-7-3-44(30-58)4-8-46/h1-28,59-64H,29-42,57-58H2/p+8. The molecule has 8 heteroatoms. The number of hydrogen-bond donors (Lipinski definition) is 8. The zero-order chi connectivity index (χ0) is 44.0. The van der Waals surface area contributed by atoms with Crippen LogP contribution in [-0.2, 0) is 91.6 Å². The molecule has 0 atom stereocenters. The second-order valence-corrected chi connectivity index (χ2v) is 17.4. The summed E-state index contributed by atoms with van der Waals surface area (Å²) >= 11 is 0. The minimum atomic E-state index is 0.849. The highest BCUT2D eigenvalue weighted by molar-refractivity contribution is 5.26. The molecule has 0 saturated carbocycles. The number of nitrogens with two attached hydrogens (primary N) is 6. The van der Waals surface area contributed by atoms with Crippen LogP contribution >= 0.6 is 0 Å². The molecule has 0 aliphatic carbocycles. The third-order valence-corrected chi connectivity index (χ3v) is 12.3. The summed E-state index contributed by atoms with van der Waals surface area (Å²) in [5.41, 5.74) is 27.0. The number of hydrogen-bond acceptors (Lipinski definition) is 0. The monoisotopic (exact) mass is 859 g/mol. The molecule has 0 radical (unpaired) electrons. The lowest BCUT2D eigenvalue weighted by molar-refractivity contribution is -0.687. The average molecular weight is 859 g/mol. The molecule has 18 N–H and O–H groups in total. The summed E-state index contributed by atoms with van der Waals surface area (Å²) in [6, 6.07) is 63.4. The SMILES string of the molecule is [NH3+]Cc1ccc(C[NH2+]Cc2ccc(C[NH2+]Cc3ccc(C[NH2+]Cc4ccc(C[NH2+]Cc5ccc(C[NH2+]Cc6ccc(C[NH2+]Cc7ccc(C[NH3+])cc7)cc6)cc5)cc4)cc3)cc2)cc1. The van der Waals surface area contributed by atoms with Gasteiger partial charge in [-0.05, 0) is 0 Å². The van der Waals surface area contributed by atoms with E-state index in [0.29, 0.717) is 0 Å². The Morgan fingerprint density at radius 3 is 0.359 bits per heavy atom. The van der Waals surface area contributed by atoms with Crippen molar-refractivity contribution in [3.05, 3.63) is 248 Å². The van der Waals surface area contributed by atoms with E-state index in [1.54, 1.807) is 0 Å². The number of benzene rings is 7. The van der Waals surface area contributed by atoms with Crippen molar-refractivity contribution in [3.8, 4) is 0 Å². The van der Waals surface area contributed by atoms with Gasteiger partial charge >= 0.3 is 0 Å². The summed E-state index contributed by atoms with van der Waals surface area (Å²) < 4.78 is 0. The highest BCUT2D eigenvalue weighted by atomic mass is 14.9. The van der Waals surface area contributed by atoms with E-state index < -0.39 is 0 Å². The van der Waals surface area contributed by atoms with Gasteiger partial charge in [0.05, 0.1) is 13.1 Å². The van der Waals surface area contributed by atoms with Gasteiger partial charge in [0.25, 0.3) is 0 Å². The van der Waals surface area contributed by atoms with E-state index in [2.05, 4.69) is 213 Å². The topological polar surface area (TPSA) is 155 Å². The molecule has 0 spiro atoms. The minimum absolute atomic E-state index is 0.849. The molecule has 0 amide bonds. The van der Waals surface area contributed by atoms with Crippen LogP contribution in [0.25, 0.3) is 0 Å². The van der Waals surface area contributed by atoms with Crippen LogP contribution < -0.4 is 43.4 Å². The molecule has 0 unspecified atom stereocenters. The van der Waals surface area contributed by atoms with E-state index in [1.165, 1.54) is 77.9 Å². The summed E-state index contributed by atoms with van der Waals surface area (Å²) in [5.74, 6) is 0. The first-order valence-electron chi connectivity index (χ1n) is 23.6. The molecule has 0 bridgehead atoms. The van der Waals surface area contributed by atoms with E-state index in [4.69, 9.17) is 0 Å². The highest BCUT2D eigenvalue weighted by Gasteiger charge is 2.06. The molecule has 7 aromatic carbocycles. The maximum absolute atomic E-state index is 3.96. The molecule has 8 nitrogen and oxygen atoms in total. The lowest BCUT2D eigenvalue weighted by Gasteiger charge is -2.07. The molecule has 64 heavy (non-hydrogen) atoms. The van der Waals surface area contributed by atoms with Gasteiger partial charge in [-0.3, -0.25) is 0 Å². The summed E-state index contributed by atoms with van der Waals surface area (Å²) in [6.07, 6.45) is 0. The fraction of sp³-hybridized carbons (Fsp3) is 0.250. The van der Waals surface area contributed by atoms with Crippen molar-refractivity contribution in [2.75, 3.05) is 0 Å². The predicted molar refractivity (Wildman–Crippen MR) is 254 cm³/mol. The average Bonchev–Trinajstić information content (AvgIpc) is 3.34. The summed E-state index contributed by atoms with van der Waals surface area (Å²) in [5, 5.41) is 14.3. The molecule has 7 rings (SSSR count). The van der Waals surface area contributed by atoms with E-state index in [9.17, 15) is 0 Å². The highest BCUT2D eigenvalue weighted by Crippen LogP contribution is 2.08. The van der Waals surface area contributed by atoms with Gasteiger partial charge in [0.1, 0.15) is 78.5 Å². The molecule has 7 aromatic rings. The Kier molecular flexibility index (Phi) is 18.4. The smallest absolute Gasteiger partial charge is 0.101 e. The van der Waals surface area contributed by atoms with Crippen molar-refractivity contribution >= 4 is 0 Å². The third kappa shape index (κ3) is 15.8. The van der Waals surface area contributed by atoms with E-state index in [0.717, 1.165) is 91.6 Å². The molecule has 0 aromatic heterocycles. The molecule has 0 aliphatic heterocycles. The van der Waals surface area contributed by atoms with Crippen molar-refractivity contribution in [3.63, 3.8) is 0 Å². The van der Waals surface area contributed by atoms with E-state index in [-0.39, 0.29) is 0 Å². The van der Waals surface area contributed by atoms with Crippen molar-refractivity contribution in [2.45, 2.75) is 91.6 Å². The Morgan fingerprint density at radius 2 is 0.266 bits per heavy atom. The van der Waals surface area contributed by atoms with Gasteiger partial charge in [0, 0.05) is 77.9 Å². The van der Waals surface area contributed by atoms with Gasteiger partial charge in [0.2, 0.25) is 0 Å². The molecule has 0 aliphatic rings. The molecule has 0 heterocycles. The zero-order valence-electron chi connectivity index (χ0n) is 37.9. The third-order valence-electron chi connectivity index (χ3n) is 12.3. The fourth-order valence-electron chi connectivity index (χ4n) is 8.17. The largest absolute Gasteiger partial charge is 0.354 e. The number of rotatable bonds is 26. The first-order valence-corrected chi connectivity index (χ1v) is 23.6. The summed E-state index contributed by atoms with van der Waals surface area (Å²) in [6.45, 7) is 13.6. The molecule has 0 saturated heterocycles. The number of quaternary nitrogens is 8. The van der Waals surface area contributed by atoms with Gasteiger partial charge in [-0.2, -0.15) is 0 Å². The van der Waals surface area contributed by atoms with Crippen LogP contribution in [0.3, 0.4) is 0 Å². The Bertz CT molecular complexity index is 2190. The van der Waals surface area contributed by atoms with Crippen LogP contribution in [0.5, 0.6) is 0 Å². The molecule has 330 valence electrons. The Labute approximate surface area is 381 Å². The lowest BCUT2D eigenvalue weighted by atomic mass is 10.1. The normalized spacial score (nSPS) is 11.3. The Balaban J connectivity index is 0.710. The predicted octanol–water partition coefficient (Wildman–Crippen LogP) is 0.752. The van der Waals surface area contributed by atoms with Gasteiger partial charge in [-0.15, -0.1) is 0 Å². The van der Waals surface area contributed by atoms with Crippen LogP contribution in [0, 0.1) is 0 Å². The van der Waals surface area contributed by atoms with Crippen LogP contribution in [0.1, 0.15) is 77.9 Å².